The zero-order valence-corrected chi connectivity index (χ0v) is 19.5. The molecular formula is C23H44O8. The van der Waals surface area contributed by atoms with E-state index in [2.05, 4.69) is 6.92 Å². The van der Waals surface area contributed by atoms with Crippen LogP contribution in [-0.2, 0) is 38.0 Å². The molecule has 0 aromatic rings. The molecule has 8 heteroatoms. The minimum Gasteiger partial charge on any atom is -0.463 e. The molecule has 1 atom stereocenters. The summed E-state index contributed by atoms with van der Waals surface area (Å²) >= 11 is 0. The Balaban J connectivity index is 1.68. The van der Waals surface area contributed by atoms with E-state index in [0.717, 1.165) is 32.3 Å². The molecule has 184 valence electrons. The molecule has 1 heterocycles. The van der Waals surface area contributed by atoms with Gasteiger partial charge in [-0.25, -0.2) is 0 Å². The zero-order valence-electron chi connectivity index (χ0n) is 19.5. The van der Waals surface area contributed by atoms with E-state index < -0.39 is 0 Å². The van der Waals surface area contributed by atoms with Crippen molar-refractivity contribution in [3.8, 4) is 0 Å². The first-order valence-electron chi connectivity index (χ1n) is 12.0. The first kappa shape index (κ1) is 28.3. The van der Waals surface area contributed by atoms with E-state index >= 15 is 0 Å². The highest BCUT2D eigenvalue weighted by Gasteiger charge is 2.13. The minimum absolute atomic E-state index is 0.0603. The van der Waals surface area contributed by atoms with Crippen LogP contribution in [0.5, 0.6) is 0 Å². The van der Waals surface area contributed by atoms with Crippen LogP contribution in [0.4, 0.5) is 0 Å². The van der Waals surface area contributed by atoms with Crippen molar-refractivity contribution in [1.82, 2.24) is 0 Å². The molecule has 0 aromatic heterocycles. The predicted octanol–water partition coefficient (Wildman–Crippen LogP) is 3.50. The third kappa shape index (κ3) is 19.6. The molecule has 0 saturated carbocycles. The van der Waals surface area contributed by atoms with Crippen molar-refractivity contribution in [3.63, 3.8) is 0 Å². The van der Waals surface area contributed by atoms with Crippen LogP contribution in [0.25, 0.3) is 0 Å². The van der Waals surface area contributed by atoms with Gasteiger partial charge in [-0.05, 0) is 25.7 Å². The molecule has 0 aliphatic carbocycles. The van der Waals surface area contributed by atoms with Gasteiger partial charge in [0.15, 0.2) is 6.29 Å². The second-order valence-corrected chi connectivity index (χ2v) is 7.50. The zero-order chi connectivity index (χ0) is 22.2. The second-order valence-electron chi connectivity index (χ2n) is 7.50. The highest BCUT2D eigenvalue weighted by atomic mass is 16.7. The fourth-order valence-electron chi connectivity index (χ4n) is 3.00. The van der Waals surface area contributed by atoms with Crippen molar-refractivity contribution in [2.75, 3.05) is 72.7 Å². The molecule has 8 nitrogen and oxygen atoms in total. The van der Waals surface area contributed by atoms with Crippen LogP contribution in [0.3, 0.4) is 0 Å². The van der Waals surface area contributed by atoms with E-state index in [1.165, 1.54) is 25.7 Å². The molecular weight excluding hydrogens is 404 g/mol. The number of rotatable bonds is 22. The highest BCUT2D eigenvalue weighted by molar-refractivity contribution is 5.69. The van der Waals surface area contributed by atoms with Gasteiger partial charge in [0.2, 0.25) is 0 Å². The van der Waals surface area contributed by atoms with Crippen molar-refractivity contribution in [2.24, 2.45) is 0 Å². The highest BCUT2D eigenvalue weighted by Crippen LogP contribution is 2.13. The summed E-state index contributed by atoms with van der Waals surface area (Å²) in [6, 6.07) is 0. The lowest BCUT2D eigenvalue weighted by Crippen LogP contribution is -2.24. The summed E-state index contributed by atoms with van der Waals surface area (Å²) in [4.78, 5) is 11.5. The number of ether oxygens (including phenoxy) is 7. The summed E-state index contributed by atoms with van der Waals surface area (Å²) in [7, 11) is 0. The minimum atomic E-state index is -0.136. The SMILES string of the molecule is CCCCCCCC(=O)OCCOCCOCCOCCOCCOC1CCCCO1. The first-order valence-corrected chi connectivity index (χ1v) is 12.0. The van der Waals surface area contributed by atoms with E-state index in [-0.39, 0.29) is 12.3 Å². The van der Waals surface area contributed by atoms with Crippen molar-refractivity contribution in [2.45, 2.75) is 71.0 Å². The maximum absolute atomic E-state index is 11.5. The Kier molecular flexibility index (Phi) is 20.4. The molecule has 1 fully saturated rings. The number of hydrogen-bond donors (Lipinski definition) is 0. The molecule has 1 rings (SSSR count). The molecule has 0 N–H and O–H groups in total. The number of carbonyl (C=O) groups excluding carboxylic acids is 1. The van der Waals surface area contributed by atoms with E-state index in [4.69, 9.17) is 33.2 Å². The molecule has 1 aliphatic heterocycles. The maximum atomic E-state index is 11.5. The van der Waals surface area contributed by atoms with Gasteiger partial charge >= 0.3 is 5.97 Å². The average Bonchev–Trinajstić information content (AvgIpc) is 2.79. The normalized spacial score (nSPS) is 16.5. The lowest BCUT2D eigenvalue weighted by atomic mass is 10.1. The fourth-order valence-corrected chi connectivity index (χ4v) is 3.00. The molecule has 1 aliphatic rings. The monoisotopic (exact) mass is 448 g/mol. The molecule has 0 radical (unpaired) electrons. The molecule has 1 unspecified atom stereocenters. The Labute approximate surface area is 188 Å². The Morgan fingerprint density at radius 3 is 1.90 bits per heavy atom. The van der Waals surface area contributed by atoms with Crippen molar-refractivity contribution in [1.29, 1.82) is 0 Å². The molecule has 1 saturated heterocycles. The molecule has 0 bridgehead atoms. The van der Waals surface area contributed by atoms with Gasteiger partial charge in [0.1, 0.15) is 6.61 Å². The third-order valence-electron chi connectivity index (χ3n) is 4.76. The van der Waals surface area contributed by atoms with Crippen molar-refractivity contribution >= 4 is 5.97 Å². The lowest BCUT2D eigenvalue weighted by molar-refractivity contribution is -0.169. The Morgan fingerprint density at radius 2 is 1.32 bits per heavy atom. The summed E-state index contributed by atoms with van der Waals surface area (Å²) in [5, 5.41) is 0. The van der Waals surface area contributed by atoms with E-state index in [0.29, 0.717) is 72.5 Å². The van der Waals surface area contributed by atoms with Crippen LogP contribution >= 0.6 is 0 Å². The summed E-state index contributed by atoms with van der Waals surface area (Å²) < 4.78 is 37.9. The smallest absolute Gasteiger partial charge is 0.305 e. The standard InChI is InChI=1S/C23H44O8/c1-2-3-4-5-6-9-22(24)29-20-18-27-16-14-25-12-13-26-15-17-28-19-21-31-23-10-7-8-11-30-23/h23H,2-21H2,1H3. The fraction of sp³-hybridized carbons (Fsp3) is 0.957. The molecule has 0 amide bonds. The Bertz CT molecular complexity index is 388. The molecule has 0 spiro atoms. The summed E-state index contributed by atoms with van der Waals surface area (Å²) in [5.74, 6) is -0.136. The van der Waals surface area contributed by atoms with Crippen LogP contribution in [0, 0.1) is 0 Å². The van der Waals surface area contributed by atoms with Gasteiger partial charge in [0, 0.05) is 13.0 Å². The molecule has 0 aromatic carbocycles. The van der Waals surface area contributed by atoms with Crippen LogP contribution in [0.15, 0.2) is 0 Å². The van der Waals surface area contributed by atoms with Gasteiger partial charge in [-0.15, -0.1) is 0 Å². The first-order chi connectivity index (χ1) is 15.3. The second kappa shape index (κ2) is 22.4. The third-order valence-corrected chi connectivity index (χ3v) is 4.76. The number of carbonyl (C=O) groups is 1. The van der Waals surface area contributed by atoms with Crippen LogP contribution in [0.1, 0.15) is 64.7 Å². The van der Waals surface area contributed by atoms with E-state index in [1.54, 1.807) is 0 Å². The van der Waals surface area contributed by atoms with Gasteiger partial charge in [-0.1, -0.05) is 32.6 Å². The largest absolute Gasteiger partial charge is 0.463 e. The molecule has 31 heavy (non-hydrogen) atoms. The van der Waals surface area contributed by atoms with Gasteiger partial charge in [0.25, 0.3) is 0 Å². The maximum Gasteiger partial charge on any atom is 0.305 e. The summed E-state index contributed by atoms with van der Waals surface area (Å²) in [6.45, 7) is 7.83. The number of hydrogen-bond acceptors (Lipinski definition) is 8. The van der Waals surface area contributed by atoms with Gasteiger partial charge in [0.05, 0.1) is 59.5 Å². The number of esters is 1. The summed E-state index contributed by atoms with van der Waals surface area (Å²) in [5.41, 5.74) is 0. The quantitative estimate of drug-likeness (QED) is 0.184. The lowest BCUT2D eigenvalue weighted by Gasteiger charge is -2.22. The van der Waals surface area contributed by atoms with Crippen molar-refractivity contribution < 1.29 is 38.0 Å². The number of unbranched alkanes of at least 4 members (excludes halogenated alkanes) is 4. The van der Waals surface area contributed by atoms with Gasteiger partial charge in [-0.2, -0.15) is 0 Å². The van der Waals surface area contributed by atoms with Crippen molar-refractivity contribution in [3.05, 3.63) is 0 Å². The van der Waals surface area contributed by atoms with E-state index in [1.807, 2.05) is 0 Å². The van der Waals surface area contributed by atoms with Crippen LogP contribution in [0.2, 0.25) is 0 Å². The average molecular weight is 449 g/mol. The summed E-state index contributed by atoms with van der Waals surface area (Å²) in [6.07, 6.45) is 9.35. The van der Waals surface area contributed by atoms with Gasteiger partial charge in [-0.3, -0.25) is 4.79 Å². The van der Waals surface area contributed by atoms with Crippen LogP contribution < -0.4 is 0 Å². The Morgan fingerprint density at radius 1 is 0.742 bits per heavy atom. The van der Waals surface area contributed by atoms with E-state index in [9.17, 15) is 4.79 Å². The van der Waals surface area contributed by atoms with Crippen LogP contribution in [-0.4, -0.2) is 84.9 Å². The topological polar surface area (TPSA) is 81.7 Å². The predicted molar refractivity (Wildman–Crippen MR) is 117 cm³/mol. The Hall–Kier alpha value is -0.770. The van der Waals surface area contributed by atoms with Gasteiger partial charge < -0.3 is 33.2 Å².